The van der Waals surface area contributed by atoms with E-state index in [2.05, 4.69) is 5.32 Å². The second-order valence-electron chi connectivity index (χ2n) is 3.41. The molecule has 2 rings (SSSR count). The third-order valence-corrected chi connectivity index (χ3v) is 2.51. The van der Waals surface area contributed by atoms with E-state index in [1.54, 1.807) is 6.07 Å². The Labute approximate surface area is 81.7 Å². The van der Waals surface area contributed by atoms with Crippen molar-refractivity contribution in [3.05, 3.63) is 23.1 Å². The zero-order valence-electron chi connectivity index (χ0n) is 7.16. The second-order valence-corrected chi connectivity index (χ2v) is 3.78. The fourth-order valence-corrected chi connectivity index (χ4v) is 1.61. The highest BCUT2D eigenvalue weighted by molar-refractivity contribution is 6.28. The van der Waals surface area contributed by atoms with Gasteiger partial charge < -0.3 is 14.8 Å². The summed E-state index contributed by atoms with van der Waals surface area (Å²) < 4.78 is 5.17. The van der Waals surface area contributed by atoms with Gasteiger partial charge in [-0.05, 0) is 36.6 Å². The molecule has 0 bridgehead atoms. The molecule has 0 saturated heterocycles. The fourth-order valence-electron chi connectivity index (χ4n) is 1.45. The van der Waals surface area contributed by atoms with E-state index < -0.39 is 0 Å². The highest BCUT2D eigenvalue weighted by Crippen LogP contribution is 2.20. The van der Waals surface area contributed by atoms with Crippen LogP contribution in [0.15, 0.2) is 16.5 Å². The smallest absolute Gasteiger partial charge is 0.193 e. The molecular formula is C9H12ClNO2. The van der Waals surface area contributed by atoms with Gasteiger partial charge in [0.25, 0.3) is 0 Å². The van der Waals surface area contributed by atoms with E-state index in [0.717, 1.165) is 18.6 Å². The van der Waals surface area contributed by atoms with Crippen molar-refractivity contribution in [2.75, 3.05) is 0 Å². The Bertz CT molecular complexity index is 281. The van der Waals surface area contributed by atoms with Crippen molar-refractivity contribution in [1.29, 1.82) is 0 Å². The van der Waals surface area contributed by atoms with Gasteiger partial charge in [-0.2, -0.15) is 0 Å². The monoisotopic (exact) mass is 201 g/mol. The highest BCUT2D eigenvalue weighted by Gasteiger charge is 2.26. The van der Waals surface area contributed by atoms with Crippen LogP contribution in [-0.2, 0) is 6.54 Å². The maximum Gasteiger partial charge on any atom is 0.193 e. The fraction of sp³-hybridized carbons (Fsp3) is 0.556. The third kappa shape index (κ3) is 2.24. The number of halogens is 1. The lowest BCUT2D eigenvalue weighted by Gasteiger charge is -2.31. The molecule has 13 heavy (non-hydrogen) atoms. The van der Waals surface area contributed by atoms with Gasteiger partial charge in [0.05, 0.1) is 12.6 Å². The van der Waals surface area contributed by atoms with Gasteiger partial charge in [0.1, 0.15) is 5.76 Å². The molecule has 1 aromatic rings. The van der Waals surface area contributed by atoms with Gasteiger partial charge in [-0.15, -0.1) is 0 Å². The van der Waals surface area contributed by atoms with E-state index in [9.17, 15) is 0 Å². The van der Waals surface area contributed by atoms with Crippen LogP contribution in [0.5, 0.6) is 0 Å². The quantitative estimate of drug-likeness (QED) is 0.780. The maximum atomic E-state index is 9.04. The van der Waals surface area contributed by atoms with E-state index in [1.165, 1.54) is 0 Å². The minimum atomic E-state index is -0.113. The maximum absolute atomic E-state index is 9.04. The number of furan rings is 1. The molecule has 0 spiro atoms. The normalized spacial score (nSPS) is 27.2. The Hall–Kier alpha value is -0.510. The van der Waals surface area contributed by atoms with E-state index >= 15 is 0 Å². The minimum absolute atomic E-state index is 0.113. The molecule has 0 radical (unpaired) electrons. The van der Waals surface area contributed by atoms with Gasteiger partial charge in [-0.1, -0.05) is 0 Å². The Morgan fingerprint density at radius 1 is 1.54 bits per heavy atom. The molecular weight excluding hydrogens is 190 g/mol. The second kappa shape index (κ2) is 3.70. The van der Waals surface area contributed by atoms with Crippen LogP contribution in [0.4, 0.5) is 0 Å². The summed E-state index contributed by atoms with van der Waals surface area (Å²) in [6.07, 6.45) is 1.57. The molecule has 3 nitrogen and oxygen atoms in total. The molecule has 2 N–H and O–H groups in total. The van der Waals surface area contributed by atoms with Crippen LogP contribution in [0, 0.1) is 0 Å². The molecule has 0 atom stereocenters. The van der Waals surface area contributed by atoms with Gasteiger partial charge in [-0.25, -0.2) is 0 Å². The topological polar surface area (TPSA) is 45.4 Å². The lowest BCUT2D eigenvalue weighted by molar-refractivity contribution is 0.0612. The molecule has 0 aromatic carbocycles. The summed E-state index contributed by atoms with van der Waals surface area (Å²) in [5.74, 6) is 0.839. The molecule has 4 heteroatoms. The van der Waals surface area contributed by atoms with E-state index in [-0.39, 0.29) is 6.10 Å². The number of aliphatic hydroxyl groups excluding tert-OH is 1. The van der Waals surface area contributed by atoms with Crippen molar-refractivity contribution in [3.8, 4) is 0 Å². The summed E-state index contributed by atoms with van der Waals surface area (Å²) in [7, 11) is 0. The molecule has 1 aromatic heterocycles. The van der Waals surface area contributed by atoms with Gasteiger partial charge in [0.2, 0.25) is 0 Å². The molecule has 0 unspecified atom stereocenters. The van der Waals surface area contributed by atoms with Crippen molar-refractivity contribution >= 4 is 11.6 Å². The Morgan fingerprint density at radius 2 is 2.31 bits per heavy atom. The summed E-state index contributed by atoms with van der Waals surface area (Å²) in [6.45, 7) is 0.685. The van der Waals surface area contributed by atoms with Gasteiger partial charge in [0, 0.05) is 6.04 Å². The average molecular weight is 202 g/mol. The summed E-state index contributed by atoms with van der Waals surface area (Å²) >= 11 is 5.61. The zero-order chi connectivity index (χ0) is 9.26. The molecule has 1 fully saturated rings. The van der Waals surface area contributed by atoms with Crippen LogP contribution in [-0.4, -0.2) is 17.3 Å². The number of hydrogen-bond acceptors (Lipinski definition) is 3. The van der Waals surface area contributed by atoms with Crippen molar-refractivity contribution < 1.29 is 9.52 Å². The van der Waals surface area contributed by atoms with Crippen LogP contribution >= 0.6 is 11.6 Å². The molecule has 0 aliphatic heterocycles. The molecule has 1 saturated carbocycles. The number of aliphatic hydroxyl groups is 1. The van der Waals surface area contributed by atoms with E-state index in [0.29, 0.717) is 17.8 Å². The lowest BCUT2D eigenvalue weighted by atomic mass is 9.89. The van der Waals surface area contributed by atoms with Gasteiger partial charge >= 0.3 is 0 Å². The number of nitrogens with one attached hydrogen (secondary N) is 1. The number of rotatable bonds is 3. The van der Waals surface area contributed by atoms with Crippen molar-refractivity contribution in [2.24, 2.45) is 0 Å². The molecule has 1 aliphatic carbocycles. The Kier molecular flexibility index (Phi) is 2.58. The predicted octanol–water partition coefficient (Wildman–Crippen LogP) is 1.55. The van der Waals surface area contributed by atoms with Crippen LogP contribution in [0.25, 0.3) is 0 Å². The van der Waals surface area contributed by atoms with Gasteiger partial charge in [0.15, 0.2) is 5.22 Å². The molecule has 1 heterocycles. The summed E-state index contributed by atoms with van der Waals surface area (Å²) in [4.78, 5) is 0. The van der Waals surface area contributed by atoms with Gasteiger partial charge in [-0.3, -0.25) is 0 Å². The summed E-state index contributed by atoms with van der Waals surface area (Å²) in [5.41, 5.74) is 0. The van der Waals surface area contributed by atoms with Crippen molar-refractivity contribution in [1.82, 2.24) is 5.32 Å². The summed E-state index contributed by atoms with van der Waals surface area (Å²) in [6, 6.07) is 4.01. The molecule has 72 valence electrons. The first-order chi connectivity index (χ1) is 6.24. The first kappa shape index (κ1) is 9.06. The van der Waals surface area contributed by atoms with Crippen LogP contribution in [0.2, 0.25) is 5.22 Å². The zero-order valence-corrected chi connectivity index (χ0v) is 7.92. The largest absolute Gasteiger partial charge is 0.448 e. The lowest BCUT2D eigenvalue weighted by Crippen LogP contribution is -2.43. The minimum Gasteiger partial charge on any atom is -0.448 e. The Balaban J connectivity index is 1.74. The third-order valence-electron chi connectivity index (χ3n) is 2.31. The SMILES string of the molecule is OC1CC(NCc2ccc(Cl)o2)C1. The average Bonchev–Trinajstić information content (AvgIpc) is 2.43. The van der Waals surface area contributed by atoms with Crippen LogP contribution < -0.4 is 5.32 Å². The van der Waals surface area contributed by atoms with Crippen LogP contribution in [0.3, 0.4) is 0 Å². The number of hydrogen-bond donors (Lipinski definition) is 2. The first-order valence-corrected chi connectivity index (χ1v) is 4.77. The van der Waals surface area contributed by atoms with Crippen molar-refractivity contribution in [3.63, 3.8) is 0 Å². The van der Waals surface area contributed by atoms with E-state index in [4.69, 9.17) is 21.1 Å². The summed E-state index contributed by atoms with van der Waals surface area (Å²) in [5, 5.41) is 12.7. The van der Waals surface area contributed by atoms with Crippen molar-refractivity contribution in [2.45, 2.75) is 31.5 Å². The van der Waals surface area contributed by atoms with E-state index in [1.807, 2.05) is 6.07 Å². The van der Waals surface area contributed by atoms with Crippen LogP contribution in [0.1, 0.15) is 18.6 Å². The standard InChI is InChI=1S/C9H12ClNO2/c10-9-2-1-8(13-9)5-11-6-3-7(12)4-6/h1-2,6-7,11-12H,3-5H2. The molecule has 1 aliphatic rings. The Morgan fingerprint density at radius 3 is 2.85 bits per heavy atom. The first-order valence-electron chi connectivity index (χ1n) is 4.39. The molecule has 0 amide bonds. The predicted molar refractivity (Wildman–Crippen MR) is 49.6 cm³/mol. The highest BCUT2D eigenvalue weighted by atomic mass is 35.5.